The summed E-state index contributed by atoms with van der Waals surface area (Å²) in [5, 5.41) is 4.99. The van der Waals surface area contributed by atoms with Gasteiger partial charge in [0.25, 0.3) is 0 Å². The summed E-state index contributed by atoms with van der Waals surface area (Å²) in [6.45, 7) is 6.49. The van der Waals surface area contributed by atoms with E-state index >= 15 is 0 Å². The number of furan rings is 1. The topological polar surface area (TPSA) is 100.0 Å². The van der Waals surface area contributed by atoms with E-state index < -0.39 is 5.91 Å². The summed E-state index contributed by atoms with van der Waals surface area (Å²) in [6, 6.07) is 22.9. The van der Waals surface area contributed by atoms with Crippen LogP contribution >= 0.6 is 0 Å². The lowest BCUT2D eigenvalue weighted by Crippen LogP contribution is -2.16. The fraction of sp³-hybridized carbons (Fsp3) is 0.194. The summed E-state index contributed by atoms with van der Waals surface area (Å²) in [5.74, 6) is 0.517. The molecule has 0 spiro atoms. The lowest BCUT2D eigenvalue weighted by Gasteiger charge is -2.10. The molecule has 1 amide bonds. The molecule has 0 unspecified atom stereocenters. The molecular formula is C31H30N4O5. The number of aromatic nitrogens is 2. The second-order valence-corrected chi connectivity index (χ2v) is 9.23. The number of para-hydroxylation sites is 1. The molecule has 9 nitrogen and oxygen atoms in total. The standard InChI is InChI=1S/C31H30N4O5/c1-4-38-30(36)19-34-18-23(27-7-5-6-8-28(27)34)17-32-33-31(37)29-16-15-26(40-29)20-39-25-13-11-24(12-14-25)35-21(2)9-10-22(35)3/h5-18H,4,19-20H2,1-3H3,(H,33,37)/b32-17+. The molecule has 3 heterocycles. The minimum Gasteiger partial charge on any atom is -0.486 e. The number of rotatable bonds is 10. The highest BCUT2D eigenvalue weighted by Crippen LogP contribution is 2.22. The predicted octanol–water partition coefficient (Wildman–Crippen LogP) is 5.55. The molecule has 0 aliphatic heterocycles. The van der Waals surface area contributed by atoms with Crippen LogP contribution in [0.3, 0.4) is 0 Å². The molecule has 5 aromatic rings. The first-order valence-electron chi connectivity index (χ1n) is 13.0. The van der Waals surface area contributed by atoms with Crippen molar-refractivity contribution in [2.75, 3.05) is 6.61 Å². The zero-order valence-corrected chi connectivity index (χ0v) is 22.6. The average molecular weight is 539 g/mol. The Hall–Kier alpha value is -5.05. The second-order valence-electron chi connectivity index (χ2n) is 9.23. The van der Waals surface area contributed by atoms with Gasteiger partial charge in [-0.3, -0.25) is 9.59 Å². The van der Waals surface area contributed by atoms with Crippen molar-refractivity contribution in [2.45, 2.75) is 33.9 Å². The molecule has 0 bridgehead atoms. The number of carbonyl (C=O) groups is 2. The molecule has 204 valence electrons. The number of esters is 1. The van der Waals surface area contributed by atoms with Crippen molar-refractivity contribution in [2.24, 2.45) is 5.10 Å². The highest BCUT2D eigenvalue weighted by molar-refractivity contribution is 6.00. The van der Waals surface area contributed by atoms with Crippen LogP contribution in [0, 0.1) is 13.8 Å². The third-order valence-electron chi connectivity index (χ3n) is 6.43. The Morgan fingerprint density at radius 1 is 0.975 bits per heavy atom. The van der Waals surface area contributed by atoms with Crippen molar-refractivity contribution >= 4 is 29.0 Å². The maximum absolute atomic E-state index is 12.6. The van der Waals surface area contributed by atoms with Crippen molar-refractivity contribution in [1.82, 2.24) is 14.6 Å². The Bertz CT molecular complexity index is 1650. The number of nitrogens with one attached hydrogen (secondary N) is 1. The Morgan fingerprint density at radius 3 is 2.48 bits per heavy atom. The summed E-state index contributed by atoms with van der Waals surface area (Å²) in [5.41, 5.74) is 7.50. The van der Waals surface area contributed by atoms with Crippen LogP contribution in [0.2, 0.25) is 0 Å². The van der Waals surface area contributed by atoms with Gasteiger partial charge in [0.2, 0.25) is 0 Å². The minimum atomic E-state index is -0.487. The van der Waals surface area contributed by atoms with E-state index in [1.807, 2.05) is 48.5 Å². The van der Waals surface area contributed by atoms with Crippen LogP contribution in [0.4, 0.5) is 0 Å². The first-order valence-corrected chi connectivity index (χ1v) is 13.0. The quantitative estimate of drug-likeness (QED) is 0.143. The Kier molecular flexibility index (Phi) is 7.82. The molecule has 3 aromatic heterocycles. The normalized spacial score (nSPS) is 11.3. The number of hydrazone groups is 1. The first kappa shape index (κ1) is 26.6. The van der Waals surface area contributed by atoms with Crippen LogP contribution in [-0.4, -0.2) is 33.8 Å². The molecule has 9 heteroatoms. The summed E-state index contributed by atoms with van der Waals surface area (Å²) in [6.07, 6.45) is 3.34. The Balaban J connectivity index is 1.18. The highest BCUT2D eigenvalue weighted by atomic mass is 16.5. The van der Waals surface area contributed by atoms with Gasteiger partial charge in [0, 0.05) is 39.7 Å². The minimum absolute atomic E-state index is 0.0857. The van der Waals surface area contributed by atoms with E-state index in [0.717, 1.165) is 33.5 Å². The van der Waals surface area contributed by atoms with E-state index in [0.29, 0.717) is 18.1 Å². The maximum Gasteiger partial charge on any atom is 0.325 e. The largest absolute Gasteiger partial charge is 0.486 e. The molecule has 0 aliphatic carbocycles. The van der Waals surface area contributed by atoms with E-state index in [1.165, 1.54) is 6.21 Å². The van der Waals surface area contributed by atoms with Gasteiger partial charge in [-0.15, -0.1) is 0 Å². The molecule has 0 saturated heterocycles. The second kappa shape index (κ2) is 11.8. The third kappa shape index (κ3) is 5.83. The van der Waals surface area contributed by atoms with E-state index in [-0.39, 0.29) is 24.9 Å². The smallest absolute Gasteiger partial charge is 0.325 e. The first-order chi connectivity index (χ1) is 19.4. The number of amides is 1. The van der Waals surface area contributed by atoms with Crippen LogP contribution in [-0.2, 0) is 22.7 Å². The number of nitrogens with zero attached hydrogens (tertiary/aromatic N) is 3. The van der Waals surface area contributed by atoms with E-state index in [4.69, 9.17) is 13.9 Å². The zero-order valence-electron chi connectivity index (χ0n) is 22.6. The van der Waals surface area contributed by atoms with Gasteiger partial charge in [0.1, 0.15) is 24.7 Å². The fourth-order valence-electron chi connectivity index (χ4n) is 4.57. The van der Waals surface area contributed by atoms with Crippen molar-refractivity contribution in [3.05, 3.63) is 107 Å². The molecule has 5 rings (SSSR count). The molecule has 0 saturated carbocycles. The van der Waals surface area contributed by atoms with Gasteiger partial charge in [-0.1, -0.05) is 18.2 Å². The number of hydrogen-bond acceptors (Lipinski definition) is 6. The van der Waals surface area contributed by atoms with Gasteiger partial charge < -0.3 is 23.0 Å². The molecule has 0 atom stereocenters. The summed E-state index contributed by atoms with van der Waals surface area (Å²) in [7, 11) is 0. The molecule has 2 aromatic carbocycles. The number of fused-ring (bicyclic) bond motifs is 1. The van der Waals surface area contributed by atoms with Gasteiger partial charge in [0.15, 0.2) is 5.76 Å². The summed E-state index contributed by atoms with van der Waals surface area (Å²) in [4.78, 5) is 24.6. The van der Waals surface area contributed by atoms with E-state index in [2.05, 4.69) is 41.1 Å². The summed E-state index contributed by atoms with van der Waals surface area (Å²) >= 11 is 0. The number of hydrogen-bond donors (Lipinski definition) is 1. The monoisotopic (exact) mass is 538 g/mol. The van der Waals surface area contributed by atoms with Crippen LogP contribution in [0.5, 0.6) is 5.75 Å². The maximum atomic E-state index is 12.6. The molecule has 0 aliphatic rings. The summed E-state index contributed by atoms with van der Waals surface area (Å²) < 4.78 is 20.5. The van der Waals surface area contributed by atoms with Crippen molar-refractivity contribution < 1.29 is 23.5 Å². The number of aryl methyl sites for hydroxylation is 2. The van der Waals surface area contributed by atoms with Crippen molar-refractivity contribution in [3.8, 4) is 11.4 Å². The van der Waals surface area contributed by atoms with Crippen LogP contribution in [0.1, 0.15) is 40.2 Å². The lowest BCUT2D eigenvalue weighted by atomic mass is 10.2. The molecule has 0 radical (unpaired) electrons. The van der Waals surface area contributed by atoms with Crippen molar-refractivity contribution in [1.29, 1.82) is 0 Å². The van der Waals surface area contributed by atoms with Crippen LogP contribution in [0.15, 0.2) is 88.5 Å². The predicted molar refractivity (Wildman–Crippen MR) is 152 cm³/mol. The molecular weight excluding hydrogens is 508 g/mol. The van der Waals surface area contributed by atoms with Gasteiger partial charge in [-0.2, -0.15) is 5.10 Å². The highest BCUT2D eigenvalue weighted by Gasteiger charge is 2.13. The Labute approximate surface area is 231 Å². The fourth-order valence-corrected chi connectivity index (χ4v) is 4.57. The van der Waals surface area contributed by atoms with Crippen molar-refractivity contribution in [3.63, 3.8) is 0 Å². The SMILES string of the molecule is CCOC(=O)Cn1cc(/C=N/NC(=O)c2ccc(COc3ccc(-n4c(C)ccc4C)cc3)o2)c2ccccc21. The average Bonchev–Trinajstić information content (AvgIpc) is 3.66. The van der Waals surface area contributed by atoms with E-state index in [1.54, 1.807) is 29.8 Å². The van der Waals surface area contributed by atoms with E-state index in [9.17, 15) is 9.59 Å². The molecule has 0 fully saturated rings. The molecule has 1 N–H and O–H groups in total. The van der Waals surface area contributed by atoms with Crippen LogP contribution in [0.25, 0.3) is 16.6 Å². The number of benzene rings is 2. The zero-order chi connectivity index (χ0) is 28.1. The third-order valence-corrected chi connectivity index (χ3v) is 6.43. The van der Waals surface area contributed by atoms with Gasteiger partial charge in [-0.25, -0.2) is 5.43 Å². The van der Waals surface area contributed by atoms with Gasteiger partial charge >= 0.3 is 11.9 Å². The number of ether oxygens (including phenoxy) is 2. The van der Waals surface area contributed by atoms with Gasteiger partial charge in [-0.05, 0) is 75.4 Å². The lowest BCUT2D eigenvalue weighted by molar-refractivity contribution is -0.143. The number of carbonyl (C=O) groups excluding carboxylic acids is 2. The molecule has 40 heavy (non-hydrogen) atoms. The van der Waals surface area contributed by atoms with Crippen LogP contribution < -0.4 is 10.2 Å². The van der Waals surface area contributed by atoms with Gasteiger partial charge in [0.05, 0.1) is 12.8 Å². The Morgan fingerprint density at radius 2 is 1.73 bits per heavy atom.